The van der Waals surface area contributed by atoms with Crippen LogP contribution in [0.2, 0.25) is 0 Å². The number of hydrogen-bond acceptors (Lipinski definition) is 0. The van der Waals surface area contributed by atoms with Crippen LogP contribution in [0.4, 0.5) is 0 Å². The molecule has 0 radical (unpaired) electrons. The van der Waals surface area contributed by atoms with Gasteiger partial charge in [0.2, 0.25) is 0 Å². The van der Waals surface area contributed by atoms with E-state index >= 15 is 0 Å². The van der Waals surface area contributed by atoms with Gasteiger partial charge in [-0.3, -0.25) is 0 Å². The van der Waals surface area contributed by atoms with Gasteiger partial charge in [0.05, 0.1) is 0 Å². The zero-order valence-electron chi connectivity index (χ0n) is 17.4. The molecule has 0 spiro atoms. The molecule has 2 aliphatic rings. The predicted octanol–water partition coefficient (Wildman–Crippen LogP) is 6.83. The summed E-state index contributed by atoms with van der Waals surface area (Å²) in [7, 11) is 0. The van der Waals surface area contributed by atoms with Crippen molar-refractivity contribution >= 4 is 33.7 Å². The number of rotatable bonds is 2. The molecule has 6 rings (SSSR count). The van der Waals surface area contributed by atoms with E-state index in [2.05, 4.69) is 92.7 Å². The van der Waals surface area contributed by atoms with E-state index in [0.29, 0.717) is 0 Å². The quantitative estimate of drug-likeness (QED) is 0.212. The molecule has 0 aromatic heterocycles. The molecule has 143 valence electrons. The van der Waals surface area contributed by atoms with Crippen molar-refractivity contribution in [1.29, 1.82) is 0 Å². The fraction of sp³-hybridized carbons (Fsp3) is 0.138. The molecule has 0 aliphatic heterocycles. The molecule has 0 nitrogen and oxygen atoms in total. The first kappa shape index (κ1) is 18.4. The Labute approximate surface area is 188 Å². The van der Waals surface area contributed by atoms with Crippen molar-refractivity contribution in [2.75, 3.05) is 0 Å². The van der Waals surface area contributed by atoms with E-state index in [1.54, 1.807) is 12.0 Å². The minimum absolute atomic E-state index is 1.06. The van der Waals surface area contributed by atoms with Crippen molar-refractivity contribution < 1.29 is 22.4 Å². The summed E-state index contributed by atoms with van der Waals surface area (Å²) in [6.07, 6.45) is 8.96. The molecule has 4 aromatic carbocycles. The van der Waals surface area contributed by atoms with Crippen molar-refractivity contribution in [2.45, 2.75) is 26.7 Å². The van der Waals surface area contributed by atoms with Crippen molar-refractivity contribution in [2.24, 2.45) is 0 Å². The second-order valence-corrected chi connectivity index (χ2v) is 14.9. The van der Waals surface area contributed by atoms with Crippen LogP contribution in [-0.4, -0.2) is 3.26 Å². The Morgan fingerprint density at radius 1 is 0.800 bits per heavy atom. The summed E-state index contributed by atoms with van der Waals surface area (Å²) in [6, 6.07) is 23.1. The molecule has 1 heteroatoms. The van der Waals surface area contributed by atoms with Crippen LogP contribution in [0.1, 0.15) is 37.0 Å². The second-order valence-electron chi connectivity index (χ2n) is 8.63. The van der Waals surface area contributed by atoms with Gasteiger partial charge in [0.1, 0.15) is 0 Å². The molecule has 0 saturated heterocycles. The zero-order chi connectivity index (χ0) is 20.2. The third kappa shape index (κ3) is 2.79. The molecule has 0 fully saturated rings. The molecule has 0 amide bonds. The van der Waals surface area contributed by atoms with Crippen molar-refractivity contribution in [1.82, 2.24) is 0 Å². The summed E-state index contributed by atoms with van der Waals surface area (Å²) in [5, 5.41) is 5.72. The molecular formula is C29H23Hf. The maximum atomic E-state index is 2.40. The van der Waals surface area contributed by atoms with Crippen LogP contribution in [-0.2, 0) is 28.8 Å². The fourth-order valence-corrected chi connectivity index (χ4v) is 9.73. The van der Waals surface area contributed by atoms with Gasteiger partial charge in [0, 0.05) is 0 Å². The SMILES string of the molecule is C[C](C)=[Hf][c]1c(C2=CC=CC2)ccc2ccc3c(c12)-c1c(ccc2ccccc12)C3. The van der Waals surface area contributed by atoms with E-state index in [1.807, 2.05) is 0 Å². The van der Waals surface area contributed by atoms with Crippen LogP contribution < -0.4 is 3.32 Å². The number of benzene rings is 4. The zero-order valence-corrected chi connectivity index (χ0v) is 21.0. The third-order valence-electron chi connectivity index (χ3n) is 6.41. The van der Waals surface area contributed by atoms with Gasteiger partial charge < -0.3 is 0 Å². The topological polar surface area (TPSA) is 0 Å². The molecule has 30 heavy (non-hydrogen) atoms. The third-order valence-corrected chi connectivity index (χ3v) is 11.0. The summed E-state index contributed by atoms with van der Waals surface area (Å²) in [5.41, 5.74) is 9.01. The first-order valence-electron chi connectivity index (χ1n) is 10.7. The molecular weight excluding hydrogens is 527 g/mol. The Bertz CT molecular complexity index is 1440. The molecule has 0 atom stereocenters. The molecule has 0 bridgehead atoms. The maximum absolute atomic E-state index is 2.40. The fourth-order valence-electron chi connectivity index (χ4n) is 5.15. The molecule has 0 heterocycles. The Hall–Kier alpha value is -2.38. The van der Waals surface area contributed by atoms with Crippen LogP contribution in [0.25, 0.3) is 38.2 Å². The van der Waals surface area contributed by atoms with Crippen LogP contribution in [0.3, 0.4) is 0 Å². The molecule has 2 aliphatic carbocycles. The monoisotopic (exact) mass is 551 g/mol. The van der Waals surface area contributed by atoms with Crippen LogP contribution in [0.5, 0.6) is 0 Å². The average Bonchev–Trinajstić information content (AvgIpc) is 3.41. The van der Waals surface area contributed by atoms with Gasteiger partial charge in [-0.05, 0) is 0 Å². The standard InChI is InChI=1S/C26H17.C3H6.Hf/c1-2-6-17(5-1)20-12-9-19-11-14-22-15-21-13-10-18-7-3-4-8-23(18)25(21)26(22)24(19)16-20;1-3-2;/h1-5,7-14H,6,15H2;1-2H3;. The summed E-state index contributed by atoms with van der Waals surface area (Å²) in [6.45, 7) is 4.69. The second kappa shape index (κ2) is 7.10. The molecule has 0 unspecified atom stereocenters. The minimum atomic E-state index is -1.09. The number of hydrogen-bond donors (Lipinski definition) is 0. The Kier molecular flexibility index (Phi) is 4.35. The van der Waals surface area contributed by atoms with E-state index in [0.717, 1.165) is 12.8 Å². The van der Waals surface area contributed by atoms with Gasteiger partial charge in [-0.2, -0.15) is 0 Å². The van der Waals surface area contributed by atoms with Crippen LogP contribution >= 0.6 is 0 Å². The first-order valence-corrected chi connectivity index (χ1v) is 14.3. The van der Waals surface area contributed by atoms with Gasteiger partial charge in [-0.25, -0.2) is 0 Å². The van der Waals surface area contributed by atoms with Crippen molar-refractivity contribution in [3.63, 3.8) is 0 Å². The van der Waals surface area contributed by atoms with E-state index in [-0.39, 0.29) is 0 Å². The molecule has 0 saturated carbocycles. The Morgan fingerprint density at radius 2 is 1.57 bits per heavy atom. The van der Waals surface area contributed by atoms with E-state index in [4.69, 9.17) is 0 Å². The van der Waals surface area contributed by atoms with E-state index in [1.165, 1.54) is 49.5 Å². The summed E-state index contributed by atoms with van der Waals surface area (Å²) in [5.74, 6) is 0. The Morgan fingerprint density at radius 3 is 2.37 bits per heavy atom. The van der Waals surface area contributed by atoms with Gasteiger partial charge in [-0.15, -0.1) is 0 Å². The predicted molar refractivity (Wildman–Crippen MR) is 127 cm³/mol. The average molecular weight is 550 g/mol. The normalized spacial score (nSPS) is 14.0. The summed E-state index contributed by atoms with van der Waals surface area (Å²) < 4.78 is 3.35. The van der Waals surface area contributed by atoms with Gasteiger partial charge in [0.15, 0.2) is 0 Å². The van der Waals surface area contributed by atoms with Crippen molar-refractivity contribution in [3.8, 4) is 11.1 Å². The van der Waals surface area contributed by atoms with E-state index in [9.17, 15) is 0 Å². The molecule has 0 N–H and O–H groups in total. The number of fused-ring (bicyclic) bond motifs is 7. The van der Waals surface area contributed by atoms with E-state index < -0.39 is 22.4 Å². The van der Waals surface area contributed by atoms with Crippen molar-refractivity contribution in [3.05, 3.63) is 95.6 Å². The first-order chi connectivity index (χ1) is 14.7. The Balaban J connectivity index is 1.78. The summed E-state index contributed by atoms with van der Waals surface area (Å²) >= 11 is -1.09. The van der Waals surface area contributed by atoms with Crippen LogP contribution in [0.15, 0.2) is 78.9 Å². The van der Waals surface area contributed by atoms with Gasteiger partial charge in [0.25, 0.3) is 0 Å². The summed E-state index contributed by atoms with van der Waals surface area (Å²) in [4.78, 5) is 0. The number of allylic oxidation sites excluding steroid dienone is 4. The molecule has 4 aromatic rings. The van der Waals surface area contributed by atoms with Crippen LogP contribution in [0, 0.1) is 0 Å². The van der Waals surface area contributed by atoms with Gasteiger partial charge >= 0.3 is 190 Å². The van der Waals surface area contributed by atoms with Gasteiger partial charge in [-0.1, -0.05) is 0 Å².